The molecule has 1 heterocycles. The molecule has 0 aliphatic heterocycles. The average Bonchev–Trinajstić information content (AvgIpc) is 2.61. The number of nitrogen functional groups attached to an aromatic ring is 1. The van der Waals surface area contributed by atoms with Crippen LogP contribution < -0.4 is 15.8 Å². The minimum atomic E-state index is 0.284. The van der Waals surface area contributed by atoms with Crippen molar-refractivity contribution in [3.05, 3.63) is 54.2 Å². The van der Waals surface area contributed by atoms with Crippen LogP contribution in [-0.2, 0) is 6.42 Å². The van der Waals surface area contributed by atoms with Gasteiger partial charge in [-0.15, -0.1) is 6.42 Å². The third kappa shape index (κ3) is 3.93. The van der Waals surface area contributed by atoms with E-state index in [9.17, 15) is 0 Å². The Labute approximate surface area is 140 Å². The maximum Gasteiger partial charge on any atom is 0.223 e. The number of anilines is 2. The molecule has 2 aromatic carbocycles. The lowest BCUT2D eigenvalue weighted by molar-refractivity contribution is 0.370. The quantitative estimate of drug-likeness (QED) is 0.540. The highest BCUT2D eigenvalue weighted by Gasteiger charge is 2.01. The normalized spacial score (nSPS) is 10.3. The first kappa shape index (κ1) is 15.6. The fourth-order valence-corrected chi connectivity index (χ4v) is 2.33. The van der Waals surface area contributed by atoms with Crippen LogP contribution >= 0.6 is 0 Å². The first-order valence-electron chi connectivity index (χ1n) is 7.66. The van der Waals surface area contributed by atoms with E-state index in [1.165, 1.54) is 5.56 Å². The molecule has 0 amide bonds. The van der Waals surface area contributed by atoms with E-state index in [2.05, 4.69) is 21.2 Å². The lowest BCUT2D eigenvalue weighted by Gasteiger charge is -2.07. The van der Waals surface area contributed by atoms with Gasteiger partial charge >= 0.3 is 0 Å². The molecule has 0 bridgehead atoms. The van der Waals surface area contributed by atoms with Crippen molar-refractivity contribution in [3.63, 3.8) is 0 Å². The first-order chi connectivity index (χ1) is 11.7. The van der Waals surface area contributed by atoms with Crippen molar-refractivity contribution in [1.82, 2.24) is 9.97 Å². The topological polar surface area (TPSA) is 73.1 Å². The van der Waals surface area contributed by atoms with Gasteiger partial charge in [0.25, 0.3) is 0 Å². The predicted molar refractivity (Wildman–Crippen MR) is 96.9 cm³/mol. The van der Waals surface area contributed by atoms with Crippen LogP contribution in [0.2, 0.25) is 0 Å². The minimum Gasteiger partial charge on any atom is -0.481 e. The third-order valence-corrected chi connectivity index (χ3v) is 3.55. The van der Waals surface area contributed by atoms with Crippen LogP contribution in [0.15, 0.2) is 48.7 Å². The van der Waals surface area contributed by atoms with Gasteiger partial charge in [0.2, 0.25) is 5.95 Å². The van der Waals surface area contributed by atoms with E-state index in [4.69, 9.17) is 16.9 Å². The average molecular weight is 318 g/mol. The Bertz CT molecular complexity index is 869. The molecule has 0 unspecified atom stereocenters. The number of nitrogens with one attached hydrogen (secondary N) is 1. The van der Waals surface area contributed by atoms with Gasteiger partial charge in [-0.25, -0.2) is 9.97 Å². The highest BCUT2D eigenvalue weighted by atomic mass is 16.5. The fourth-order valence-electron chi connectivity index (χ4n) is 2.33. The number of ether oxygens (including phenoxy) is 1. The van der Waals surface area contributed by atoms with E-state index >= 15 is 0 Å². The van der Waals surface area contributed by atoms with Crippen LogP contribution in [0.1, 0.15) is 5.56 Å². The van der Waals surface area contributed by atoms with Gasteiger partial charge in [0, 0.05) is 23.8 Å². The van der Waals surface area contributed by atoms with Crippen molar-refractivity contribution in [1.29, 1.82) is 0 Å². The maximum atomic E-state index is 5.75. The number of hydrogen-bond donors (Lipinski definition) is 2. The van der Waals surface area contributed by atoms with Crippen molar-refractivity contribution in [2.75, 3.05) is 24.2 Å². The molecule has 120 valence electrons. The summed E-state index contributed by atoms with van der Waals surface area (Å²) in [4.78, 5) is 8.79. The molecule has 0 radical (unpaired) electrons. The first-order valence-corrected chi connectivity index (χ1v) is 7.66. The Morgan fingerprint density at radius 1 is 1.17 bits per heavy atom. The Morgan fingerprint density at radius 2 is 2.00 bits per heavy atom. The van der Waals surface area contributed by atoms with E-state index in [1.807, 2.05) is 42.5 Å². The van der Waals surface area contributed by atoms with Crippen LogP contribution in [0.3, 0.4) is 0 Å². The zero-order valence-electron chi connectivity index (χ0n) is 13.2. The van der Waals surface area contributed by atoms with Gasteiger partial charge in [-0.1, -0.05) is 18.1 Å². The van der Waals surface area contributed by atoms with Crippen LogP contribution in [0.5, 0.6) is 5.75 Å². The molecule has 0 atom stereocenters. The molecule has 5 heteroatoms. The van der Waals surface area contributed by atoms with Crippen molar-refractivity contribution in [3.8, 4) is 18.1 Å². The molecule has 24 heavy (non-hydrogen) atoms. The molecule has 3 N–H and O–H groups in total. The van der Waals surface area contributed by atoms with Crippen LogP contribution in [-0.4, -0.2) is 23.1 Å². The summed E-state index contributed by atoms with van der Waals surface area (Å²) in [6, 6.07) is 13.5. The summed E-state index contributed by atoms with van der Waals surface area (Å²) in [6.07, 6.45) is 7.80. The number of hydrogen-bond acceptors (Lipinski definition) is 5. The molecular formula is C19H18N4O. The van der Waals surface area contributed by atoms with E-state index in [-0.39, 0.29) is 6.61 Å². The fraction of sp³-hybridized carbons (Fsp3) is 0.158. The van der Waals surface area contributed by atoms with Crippen molar-refractivity contribution in [2.45, 2.75) is 6.42 Å². The second-order valence-electron chi connectivity index (χ2n) is 5.33. The molecule has 0 saturated heterocycles. The number of fused-ring (bicyclic) bond motifs is 1. The second kappa shape index (κ2) is 7.34. The summed E-state index contributed by atoms with van der Waals surface area (Å²) in [5.74, 6) is 3.84. The van der Waals surface area contributed by atoms with Gasteiger partial charge < -0.3 is 15.8 Å². The van der Waals surface area contributed by atoms with E-state index in [0.717, 1.165) is 29.6 Å². The Balaban J connectivity index is 1.56. The molecule has 0 aliphatic rings. The van der Waals surface area contributed by atoms with Gasteiger partial charge in [0.05, 0.1) is 5.52 Å². The van der Waals surface area contributed by atoms with Crippen LogP contribution in [0, 0.1) is 12.3 Å². The monoisotopic (exact) mass is 318 g/mol. The Morgan fingerprint density at radius 3 is 2.79 bits per heavy atom. The van der Waals surface area contributed by atoms with Gasteiger partial charge in [-0.2, -0.15) is 0 Å². The van der Waals surface area contributed by atoms with Gasteiger partial charge in [-0.3, -0.25) is 0 Å². The van der Waals surface area contributed by atoms with Crippen molar-refractivity contribution >= 4 is 22.5 Å². The van der Waals surface area contributed by atoms with Crippen LogP contribution in [0.25, 0.3) is 10.9 Å². The van der Waals surface area contributed by atoms with Crippen molar-refractivity contribution < 1.29 is 4.74 Å². The molecule has 3 rings (SSSR count). The highest BCUT2D eigenvalue weighted by molar-refractivity contribution is 5.81. The summed E-state index contributed by atoms with van der Waals surface area (Å²) in [5, 5.41) is 4.17. The van der Waals surface area contributed by atoms with Gasteiger partial charge in [-0.05, 0) is 42.3 Å². The summed E-state index contributed by atoms with van der Waals surface area (Å²) in [5.41, 5.74) is 8.53. The molecule has 0 saturated carbocycles. The van der Waals surface area contributed by atoms with E-state index in [0.29, 0.717) is 11.6 Å². The molecule has 0 aliphatic carbocycles. The van der Waals surface area contributed by atoms with Crippen LogP contribution in [0.4, 0.5) is 11.6 Å². The summed E-state index contributed by atoms with van der Waals surface area (Å²) in [6.45, 7) is 1.02. The Hall–Kier alpha value is -3.26. The SMILES string of the molecule is C#CCOc1ccc(CCNc2ncc3cc(N)ccc3n2)cc1. The molecule has 0 fully saturated rings. The zero-order chi connectivity index (χ0) is 16.8. The smallest absolute Gasteiger partial charge is 0.223 e. The number of benzene rings is 2. The van der Waals surface area contributed by atoms with Gasteiger partial charge in [0.15, 0.2) is 0 Å². The van der Waals surface area contributed by atoms with E-state index in [1.54, 1.807) is 6.20 Å². The number of aromatic nitrogens is 2. The number of terminal acetylenes is 1. The summed E-state index contributed by atoms with van der Waals surface area (Å²) < 4.78 is 5.35. The number of nitrogens with zero attached hydrogens (tertiary/aromatic N) is 2. The molecule has 3 aromatic rings. The second-order valence-corrected chi connectivity index (χ2v) is 5.33. The third-order valence-electron chi connectivity index (χ3n) is 3.55. The lowest BCUT2D eigenvalue weighted by Crippen LogP contribution is -2.08. The van der Waals surface area contributed by atoms with Gasteiger partial charge in [0.1, 0.15) is 12.4 Å². The predicted octanol–water partition coefficient (Wildman–Crippen LogP) is 2.88. The standard InChI is InChI=1S/C19H18N4O/c1-2-11-24-17-6-3-14(4-7-17)9-10-21-19-22-13-15-12-16(20)5-8-18(15)23-19/h1,3-8,12-13H,9-11,20H2,(H,21,22,23). The maximum absolute atomic E-state index is 5.75. The van der Waals surface area contributed by atoms with Crippen molar-refractivity contribution in [2.24, 2.45) is 0 Å². The lowest BCUT2D eigenvalue weighted by atomic mass is 10.1. The molecule has 5 nitrogen and oxygen atoms in total. The summed E-state index contributed by atoms with van der Waals surface area (Å²) in [7, 11) is 0. The highest BCUT2D eigenvalue weighted by Crippen LogP contribution is 2.16. The largest absolute Gasteiger partial charge is 0.481 e. The molecule has 1 aromatic heterocycles. The van der Waals surface area contributed by atoms with E-state index < -0.39 is 0 Å². The minimum absolute atomic E-state index is 0.284. The molecular weight excluding hydrogens is 300 g/mol. The zero-order valence-corrected chi connectivity index (χ0v) is 13.2. The summed E-state index contributed by atoms with van der Waals surface area (Å²) >= 11 is 0. The number of rotatable bonds is 6. The Kier molecular flexibility index (Phi) is 4.78. The molecule has 0 spiro atoms. The number of nitrogens with two attached hydrogens (primary N) is 1.